The summed E-state index contributed by atoms with van der Waals surface area (Å²) >= 11 is 9.40. The molecule has 1 saturated carbocycles. The lowest BCUT2D eigenvalue weighted by Crippen LogP contribution is -2.38. The first kappa shape index (κ1) is 14.3. The molecule has 6 heteroatoms. The summed E-state index contributed by atoms with van der Waals surface area (Å²) in [7, 11) is 0. The van der Waals surface area contributed by atoms with Crippen molar-refractivity contribution in [3.05, 3.63) is 27.5 Å². The van der Waals surface area contributed by atoms with E-state index in [0.717, 1.165) is 43.5 Å². The highest BCUT2D eigenvalue weighted by molar-refractivity contribution is 9.10. The van der Waals surface area contributed by atoms with Crippen LogP contribution < -0.4 is 0 Å². The fourth-order valence-electron chi connectivity index (χ4n) is 2.34. The van der Waals surface area contributed by atoms with Crippen molar-refractivity contribution in [3.63, 3.8) is 0 Å². The third-order valence-electron chi connectivity index (χ3n) is 3.77. The van der Waals surface area contributed by atoms with Gasteiger partial charge in [-0.25, -0.2) is 4.98 Å². The molecule has 0 unspecified atom stereocenters. The maximum absolute atomic E-state index is 12.7. The van der Waals surface area contributed by atoms with Crippen LogP contribution in [0.15, 0.2) is 16.7 Å². The van der Waals surface area contributed by atoms with Gasteiger partial charge in [-0.15, -0.1) is 0 Å². The molecule has 108 valence electrons. The number of halogens is 2. The molecule has 2 aliphatic rings. The van der Waals surface area contributed by atoms with E-state index in [1.54, 1.807) is 12.3 Å². The highest BCUT2D eigenvalue weighted by atomic mass is 79.9. The van der Waals surface area contributed by atoms with Crippen molar-refractivity contribution in [2.24, 2.45) is 5.92 Å². The Morgan fingerprint density at radius 2 is 2.25 bits per heavy atom. The van der Waals surface area contributed by atoms with E-state index in [2.05, 4.69) is 20.9 Å². The van der Waals surface area contributed by atoms with Crippen molar-refractivity contribution in [1.29, 1.82) is 0 Å². The molecular weight excluding hydrogens is 344 g/mol. The SMILES string of the molecule is O=C(c1cc(Br)cnc1Cl)N(CCC1COC1)C1CC1. The number of carbonyl (C=O) groups excluding carboxylic acids is 1. The first-order valence-electron chi connectivity index (χ1n) is 6.85. The Kier molecular flexibility index (Phi) is 4.29. The van der Waals surface area contributed by atoms with Gasteiger partial charge in [0.25, 0.3) is 5.91 Å². The summed E-state index contributed by atoms with van der Waals surface area (Å²) in [4.78, 5) is 18.7. The van der Waals surface area contributed by atoms with Crippen LogP contribution >= 0.6 is 27.5 Å². The molecule has 2 heterocycles. The second-order valence-corrected chi connectivity index (χ2v) is 6.69. The smallest absolute Gasteiger partial charge is 0.257 e. The van der Waals surface area contributed by atoms with Crippen LogP contribution in [0.2, 0.25) is 5.15 Å². The zero-order chi connectivity index (χ0) is 14.1. The van der Waals surface area contributed by atoms with Crippen molar-refractivity contribution >= 4 is 33.4 Å². The Bertz CT molecular complexity index is 518. The summed E-state index contributed by atoms with van der Waals surface area (Å²) in [6.07, 6.45) is 4.78. The van der Waals surface area contributed by atoms with E-state index in [9.17, 15) is 4.79 Å². The van der Waals surface area contributed by atoms with Crippen LogP contribution in [-0.2, 0) is 4.74 Å². The van der Waals surface area contributed by atoms with E-state index >= 15 is 0 Å². The number of rotatable bonds is 5. The first-order valence-corrected chi connectivity index (χ1v) is 8.02. The van der Waals surface area contributed by atoms with E-state index in [-0.39, 0.29) is 11.1 Å². The van der Waals surface area contributed by atoms with E-state index in [4.69, 9.17) is 16.3 Å². The van der Waals surface area contributed by atoms with Crippen molar-refractivity contribution < 1.29 is 9.53 Å². The quantitative estimate of drug-likeness (QED) is 0.759. The lowest BCUT2D eigenvalue weighted by atomic mass is 10.0. The van der Waals surface area contributed by atoms with E-state index in [1.165, 1.54) is 0 Å². The molecule has 3 rings (SSSR count). The van der Waals surface area contributed by atoms with Crippen LogP contribution in [0.25, 0.3) is 0 Å². The maximum atomic E-state index is 12.7. The minimum absolute atomic E-state index is 0.00783. The molecule has 2 fully saturated rings. The lowest BCUT2D eigenvalue weighted by Gasteiger charge is -2.29. The number of ether oxygens (including phenoxy) is 1. The molecule has 1 aliphatic heterocycles. The van der Waals surface area contributed by atoms with Crippen LogP contribution in [0.1, 0.15) is 29.6 Å². The van der Waals surface area contributed by atoms with Gasteiger partial charge in [0.2, 0.25) is 0 Å². The van der Waals surface area contributed by atoms with Crippen molar-refractivity contribution in [2.75, 3.05) is 19.8 Å². The molecule has 0 bridgehead atoms. The highest BCUT2D eigenvalue weighted by Crippen LogP contribution is 2.31. The van der Waals surface area contributed by atoms with Crippen LogP contribution in [0.5, 0.6) is 0 Å². The minimum atomic E-state index is -0.00783. The number of hydrogen-bond acceptors (Lipinski definition) is 3. The molecule has 0 atom stereocenters. The fourth-order valence-corrected chi connectivity index (χ4v) is 2.85. The minimum Gasteiger partial charge on any atom is -0.381 e. The number of nitrogens with zero attached hydrogens (tertiary/aromatic N) is 2. The molecule has 1 aromatic rings. The molecule has 0 radical (unpaired) electrons. The van der Waals surface area contributed by atoms with Crippen LogP contribution in [-0.4, -0.2) is 41.6 Å². The Morgan fingerprint density at radius 3 is 2.85 bits per heavy atom. The molecule has 0 N–H and O–H groups in total. The van der Waals surface area contributed by atoms with E-state index < -0.39 is 0 Å². The second kappa shape index (κ2) is 6.00. The van der Waals surface area contributed by atoms with Gasteiger partial charge in [0.05, 0.1) is 18.8 Å². The first-order chi connectivity index (χ1) is 9.65. The number of aromatic nitrogens is 1. The number of hydrogen-bond donors (Lipinski definition) is 0. The Balaban J connectivity index is 1.72. The van der Waals surface area contributed by atoms with Crippen molar-refractivity contribution in [3.8, 4) is 0 Å². The predicted octanol–water partition coefficient (Wildman–Crippen LogP) is 3.14. The summed E-state index contributed by atoms with van der Waals surface area (Å²) in [6.45, 7) is 2.43. The van der Waals surface area contributed by atoms with E-state index in [0.29, 0.717) is 17.5 Å². The summed E-state index contributed by atoms with van der Waals surface area (Å²) < 4.78 is 5.95. The topological polar surface area (TPSA) is 42.4 Å². The summed E-state index contributed by atoms with van der Waals surface area (Å²) in [5.41, 5.74) is 0.484. The normalized spacial score (nSPS) is 18.7. The third kappa shape index (κ3) is 3.15. The zero-order valence-corrected chi connectivity index (χ0v) is 13.4. The molecule has 4 nitrogen and oxygen atoms in total. The van der Waals surface area contributed by atoms with Crippen LogP contribution in [0.4, 0.5) is 0 Å². The molecule has 0 aromatic carbocycles. The number of amides is 1. The molecule has 1 amide bonds. The van der Waals surface area contributed by atoms with Gasteiger partial charge in [-0.2, -0.15) is 0 Å². The van der Waals surface area contributed by atoms with Crippen molar-refractivity contribution in [2.45, 2.75) is 25.3 Å². The van der Waals surface area contributed by atoms with Gasteiger partial charge in [0, 0.05) is 29.2 Å². The standard InChI is InChI=1S/C14H16BrClN2O2/c15-10-5-12(13(16)17-6-10)14(19)18(11-1-2-11)4-3-9-7-20-8-9/h5-6,9,11H,1-4,7-8H2. The van der Waals surface area contributed by atoms with Gasteiger partial charge in [0.15, 0.2) is 0 Å². The maximum Gasteiger partial charge on any atom is 0.257 e. The predicted molar refractivity (Wildman–Crippen MR) is 79.9 cm³/mol. The molecule has 1 saturated heterocycles. The third-order valence-corrected chi connectivity index (χ3v) is 4.50. The average Bonchev–Trinajstić information content (AvgIpc) is 3.19. The molecular formula is C14H16BrClN2O2. The highest BCUT2D eigenvalue weighted by Gasteiger charge is 2.34. The fraction of sp³-hybridized carbons (Fsp3) is 0.571. The van der Waals surface area contributed by atoms with Gasteiger partial charge >= 0.3 is 0 Å². The summed E-state index contributed by atoms with van der Waals surface area (Å²) in [5.74, 6) is 0.590. The molecule has 1 aromatic heterocycles. The Labute approximate surface area is 131 Å². The second-order valence-electron chi connectivity index (χ2n) is 5.41. The zero-order valence-electron chi connectivity index (χ0n) is 11.0. The lowest BCUT2D eigenvalue weighted by molar-refractivity contribution is -0.0384. The van der Waals surface area contributed by atoms with E-state index in [1.807, 2.05) is 4.90 Å². The number of pyridine rings is 1. The van der Waals surface area contributed by atoms with Gasteiger partial charge in [-0.05, 0) is 41.3 Å². The summed E-state index contributed by atoms with van der Waals surface area (Å²) in [6, 6.07) is 2.12. The Morgan fingerprint density at radius 1 is 1.50 bits per heavy atom. The van der Waals surface area contributed by atoms with Gasteiger partial charge < -0.3 is 9.64 Å². The monoisotopic (exact) mass is 358 g/mol. The van der Waals surface area contributed by atoms with Crippen LogP contribution in [0, 0.1) is 5.92 Å². The van der Waals surface area contributed by atoms with Gasteiger partial charge in [-0.1, -0.05) is 11.6 Å². The molecule has 1 aliphatic carbocycles. The Hall–Kier alpha value is -0.650. The number of carbonyl (C=O) groups is 1. The largest absolute Gasteiger partial charge is 0.381 e. The van der Waals surface area contributed by atoms with Gasteiger partial charge in [-0.3, -0.25) is 4.79 Å². The van der Waals surface area contributed by atoms with Crippen molar-refractivity contribution in [1.82, 2.24) is 9.88 Å². The van der Waals surface area contributed by atoms with Gasteiger partial charge in [0.1, 0.15) is 5.15 Å². The summed E-state index contributed by atoms with van der Waals surface area (Å²) in [5, 5.41) is 0.274. The average molecular weight is 360 g/mol. The molecule has 0 spiro atoms. The van der Waals surface area contributed by atoms with Crippen LogP contribution in [0.3, 0.4) is 0 Å². The molecule has 20 heavy (non-hydrogen) atoms.